The fraction of sp³-hybridized carbons (Fsp3) is 0.378. The third kappa shape index (κ3) is 5.18. The van der Waals surface area contributed by atoms with Gasteiger partial charge in [0.2, 0.25) is 5.91 Å². The number of rotatable bonds is 12. The van der Waals surface area contributed by atoms with Gasteiger partial charge in [-0.15, -0.1) is 24.9 Å². The van der Waals surface area contributed by atoms with Gasteiger partial charge in [0.1, 0.15) is 6.04 Å². The van der Waals surface area contributed by atoms with Crippen molar-refractivity contribution in [1.82, 2.24) is 4.90 Å². The number of unbranched alkanes of at least 4 members (excludes halogenated alkanes) is 1. The van der Waals surface area contributed by atoms with Crippen LogP contribution in [0.1, 0.15) is 37.8 Å². The zero-order chi connectivity index (χ0) is 31.7. The second-order valence-corrected chi connectivity index (χ2v) is 13.8. The number of hydrogen-bond acceptors (Lipinski definition) is 6. The van der Waals surface area contributed by atoms with Crippen molar-refractivity contribution in [1.29, 1.82) is 0 Å². The second-order valence-electron chi connectivity index (χ2n) is 12.3. The highest BCUT2D eigenvalue weighted by molar-refractivity contribution is 8.02. The number of carbonyl (C=O) groups is 3. The SMILES string of the molecule is C=CCCCOC(=O)[C@@H]1[C@@H]2CC(C)C3(S2)C(C(=O)N(CC=C)c2ccc4ccccc4c2)N([C@H](CO)c2ccccc2)C(=O)[C@H]13. The number of anilines is 1. The summed E-state index contributed by atoms with van der Waals surface area (Å²) in [6.45, 7) is 9.91. The summed E-state index contributed by atoms with van der Waals surface area (Å²) in [5.41, 5.74) is 1.44. The van der Waals surface area contributed by atoms with Crippen molar-refractivity contribution in [3.8, 4) is 0 Å². The van der Waals surface area contributed by atoms with Gasteiger partial charge in [0.25, 0.3) is 5.91 Å². The normalized spacial score (nSPS) is 27.3. The van der Waals surface area contributed by atoms with E-state index in [0.717, 1.165) is 22.8 Å². The van der Waals surface area contributed by atoms with Gasteiger partial charge in [0, 0.05) is 17.5 Å². The lowest BCUT2D eigenvalue weighted by molar-refractivity contribution is -0.155. The van der Waals surface area contributed by atoms with Gasteiger partial charge >= 0.3 is 5.97 Å². The van der Waals surface area contributed by atoms with E-state index in [9.17, 15) is 14.7 Å². The molecule has 0 aromatic heterocycles. The number of thioether (sulfide) groups is 1. The van der Waals surface area contributed by atoms with E-state index < -0.39 is 28.7 Å². The summed E-state index contributed by atoms with van der Waals surface area (Å²) in [4.78, 5) is 46.9. The zero-order valence-corrected chi connectivity index (χ0v) is 26.4. The Bertz CT molecular complexity index is 1610. The Balaban J connectivity index is 1.46. The highest BCUT2D eigenvalue weighted by atomic mass is 32.2. The number of fused-ring (bicyclic) bond motifs is 2. The minimum atomic E-state index is -0.914. The van der Waals surface area contributed by atoms with Gasteiger partial charge in [-0.3, -0.25) is 14.4 Å². The van der Waals surface area contributed by atoms with Crippen molar-refractivity contribution in [3.63, 3.8) is 0 Å². The highest BCUT2D eigenvalue weighted by Crippen LogP contribution is 2.69. The molecule has 8 heteroatoms. The summed E-state index contributed by atoms with van der Waals surface area (Å²) in [7, 11) is 0. The maximum atomic E-state index is 15.1. The molecule has 3 saturated heterocycles. The molecule has 3 aliphatic rings. The third-order valence-corrected chi connectivity index (χ3v) is 11.9. The minimum Gasteiger partial charge on any atom is -0.465 e. The average molecular weight is 625 g/mol. The highest BCUT2D eigenvalue weighted by Gasteiger charge is 2.77. The predicted molar refractivity (Wildman–Crippen MR) is 179 cm³/mol. The molecular weight excluding hydrogens is 584 g/mol. The lowest BCUT2D eigenvalue weighted by atomic mass is 9.66. The Morgan fingerprint density at radius 3 is 2.53 bits per heavy atom. The molecule has 2 bridgehead atoms. The van der Waals surface area contributed by atoms with Gasteiger partial charge < -0.3 is 19.6 Å². The van der Waals surface area contributed by atoms with Crippen LogP contribution in [0.5, 0.6) is 0 Å². The Morgan fingerprint density at radius 1 is 1.09 bits per heavy atom. The fourth-order valence-corrected chi connectivity index (χ4v) is 10.2. The Hall–Kier alpha value is -3.88. The van der Waals surface area contributed by atoms with Crippen LogP contribution in [0.3, 0.4) is 0 Å². The standard InChI is InChI=1S/C37H40N2O5S/c1-4-6-12-20-44-36(43)31-30-21-24(3)37(45-30)32(31)34(41)39(29(23-40)26-14-8-7-9-15-26)33(37)35(42)38(19-5-2)28-18-17-25-13-10-11-16-27(25)22-28/h4-5,7-11,13-18,22,24,29-33,40H,1-2,6,12,19-21,23H2,3H3/t24?,29-,30+,31-,32+,33?,37?/m1/s1. The van der Waals surface area contributed by atoms with Gasteiger partial charge in [0.15, 0.2) is 0 Å². The first-order valence-corrected chi connectivity index (χ1v) is 16.6. The third-order valence-electron chi connectivity index (χ3n) is 9.80. The number of esters is 1. The molecule has 3 unspecified atom stereocenters. The van der Waals surface area contributed by atoms with E-state index in [0.29, 0.717) is 18.5 Å². The first kappa shape index (κ1) is 31.1. The Morgan fingerprint density at radius 2 is 1.82 bits per heavy atom. The molecule has 0 saturated carbocycles. The number of likely N-dealkylation sites (tertiary alicyclic amines) is 1. The van der Waals surface area contributed by atoms with Gasteiger partial charge in [-0.25, -0.2) is 0 Å². The lowest BCUT2D eigenvalue weighted by Gasteiger charge is -2.42. The first-order chi connectivity index (χ1) is 21.9. The maximum absolute atomic E-state index is 15.1. The Kier molecular flexibility index (Phi) is 8.89. The van der Waals surface area contributed by atoms with Crippen LogP contribution in [0.4, 0.5) is 5.69 Å². The molecule has 234 valence electrons. The quantitative estimate of drug-likeness (QED) is 0.153. The van der Waals surface area contributed by atoms with Crippen LogP contribution in [0.15, 0.2) is 98.1 Å². The molecular formula is C37H40N2O5S. The minimum absolute atomic E-state index is 0.0254. The summed E-state index contributed by atoms with van der Waals surface area (Å²) in [5.74, 6) is -2.32. The number of nitrogens with zero attached hydrogens (tertiary/aromatic N) is 2. The molecule has 2 amide bonds. The van der Waals surface area contributed by atoms with E-state index in [-0.39, 0.29) is 48.7 Å². The van der Waals surface area contributed by atoms with E-state index in [1.165, 1.54) is 0 Å². The maximum Gasteiger partial charge on any atom is 0.310 e. The second kappa shape index (κ2) is 12.9. The zero-order valence-electron chi connectivity index (χ0n) is 25.6. The molecule has 3 aliphatic heterocycles. The van der Waals surface area contributed by atoms with Crippen LogP contribution in [0, 0.1) is 17.8 Å². The molecule has 0 radical (unpaired) electrons. The van der Waals surface area contributed by atoms with Crippen LogP contribution in [0.2, 0.25) is 0 Å². The van der Waals surface area contributed by atoms with Gasteiger partial charge in [-0.1, -0.05) is 79.7 Å². The number of amides is 2. The number of hydrogen-bond donors (Lipinski definition) is 1. The number of ether oxygens (including phenoxy) is 1. The fourth-order valence-electron chi connectivity index (χ4n) is 7.81. The number of benzene rings is 3. The summed E-state index contributed by atoms with van der Waals surface area (Å²) < 4.78 is 4.88. The van der Waals surface area contributed by atoms with Crippen molar-refractivity contribution < 1.29 is 24.2 Å². The van der Waals surface area contributed by atoms with E-state index in [1.807, 2.05) is 72.8 Å². The van der Waals surface area contributed by atoms with E-state index in [1.54, 1.807) is 33.7 Å². The summed E-state index contributed by atoms with van der Waals surface area (Å²) in [6, 6.07) is 21.5. The van der Waals surface area contributed by atoms with Crippen LogP contribution in [-0.4, -0.2) is 63.6 Å². The van der Waals surface area contributed by atoms with E-state index in [4.69, 9.17) is 4.74 Å². The summed E-state index contributed by atoms with van der Waals surface area (Å²) in [6.07, 6.45) is 5.57. The number of aliphatic hydroxyl groups excluding tert-OH is 1. The molecule has 3 aromatic carbocycles. The summed E-state index contributed by atoms with van der Waals surface area (Å²) >= 11 is 1.60. The van der Waals surface area contributed by atoms with Crippen LogP contribution in [-0.2, 0) is 19.1 Å². The van der Waals surface area contributed by atoms with Gasteiger partial charge in [-0.05, 0) is 53.6 Å². The van der Waals surface area contributed by atoms with Crippen LogP contribution >= 0.6 is 11.8 Å². The molecule has 7 atom stereocenters. The van der Waals surface area contributed by atoms with Crippen molar-refractivity contribution in [2.24, 2.45) is 17.8 Å². The number of allylic oxidation sites excluding steroid dienone is 1. The average Bonchev–Trinajstić information content (AvgIpc) is 3.66. The largest absolute Gasteiger partial charge is 0.465 e. The van der Waals surface area contributed by atoms with Gasteiger partial charge in [-0.2, -0.15) is 0 Å². The van der Waals surface area contributed by atoms with Crippen molar-refractivity contribution in [3.05, 3.63) is 104 Å². The van der Waals surface area contributed by atoms with E-state index in [2.05, 4.69) is 20.1 Å². The Labute approximate surface area is 268 Å². The molecule has 7 nitrogen and oxygen atoms in total. The molecule has 3 fully saturated rings. The van der Waals surface area contributed by atoms with Crippen molar-refractivity contribution in [2.75, 3.05) is 24.7 Å². The van der Waals surface area contributed by atoms with Crippen molar-refractivity contribution in [2.45, 2.75) is 48.3 Å². The van der Waals surface area contributed by atoms with Crippen LogP contribution in [0.25, 0.3) is 10.8 Å². The number of carbonyl (C=O) groups excluding carboxylic acids is 3. The van der Waals surface area contributed by atoms with Crippen molar-refractivity contribution >= 4 is 46.0 Å². The summed E-state index contributed by atoms with van der Waals surface area (Å²) in [5, 5.41) is 12.8. The lowest BCUT2D eigenvalue weighted by Crippen LogP contribution is -2.58. The molecule has 0 aliphatic carbocycles. The molecule has 3 heterocycles. The number of aliphatic hydroxyl groups is 1. The molecule has 1 spiro atoms. The molecule has 6 rings (SSSR count). The van der Waals surface area contributed by atoms with Gasteiger partial charge in [0.05, 0.1) is 35.8 Å². The topological polar surface area (TPSA) is 87.2 Å². The predicted octanol–water partition coefficient (Wildman–Crippen LogP) is 5.94. The first-order valence-electron chi connectivity index (χ1n) is 15.7. The smallest absolute Gasteiger partial charge is 0.310 e. The van der Waals surface area contributed by atoms with Crippen LogP contribution < -0.4 is 4.90 Å². The molecule has 1 N–H and O–H groups in total. The molecule has 45 heavy (non-hydrogen) atoms. The monoisotopic (exact) mass is 624 g/mol. The molecule has 3 aromatic rings. The van der Waals surface area contributed by atoms with E-state index >= 15 is 4.79 Å².